The number of hydrogen-bond donors (Lipinski definition) is 3. The van der Waals surface area contributed by atoms with Gasteiger partial charge in [-0.05, 0) is 0 Å². The van der Waals surface area contributed by atoms with Gasteiger partial charge in [-0.2, -0.15) is 5.53 Å². The third-order valence-electron chi connectivity index (χ3n) is 0. The van der Waals surface area contributed by atoms with Gasteiger partial charge in [0, 0.05) is 0 Å². The van der Waals surface area contributed by atoms with Crippen molar-refractivity contribution in [2.45, 2.75) is 0 Å². The molecule has 0 spiro atoms. The molecule has 0 radical (unpaired) electrons. The molecule has 0 unspecified atom stereocenters. The van der Waals surface area contributed by atoms with Crippen LogP contribution in [0.15, 0.2) is 0 Å². The summed E-state index contributed by atoms with van der Waals surface area (Å²) in [6.07, 6.45) is 0. The minimum atomic E-state index is 0. The molecule has 0 heterocycles. The fourth-order valence-corrected chi connectivity index (χ4v) is 0. The highest BCUT2D eigenvalue weighted by molar-refractivity contribution is 14.0. The Hall–Kier alpha value is 0.610. The van der Waals surface area contributed by atoms with Crippen LogP contribution in [0.4, 0.5) is 0 Å². The van der Waals surface area contributed by atoms with Crippen LogP contribution in [0.1, 0.15) is 0 Å². The second kappa shape index (κ2) is 9.49. The first-order valence-corrected chi connectivity index (χ1v) is 0.577. The SMILES string of the molecule is I.NNN. The molecule has 5 N–H and O–H groups in total. The van der Waals surface area contributed by atoms with Crippen molar-refractivity contribution in [1.29, 1.82) is 0 Å². The first-order chi connectivity index (χ1) is 1.41. The molecule has 0 aliphatic heterocycles. The summed E-state index contributed by atoms with van der Waals surface area (Å²) in [5, 5.41) is 0. The van der Waals surface area contributed by atoms with Crippen LogP contribution < -0.4 is 17.2 Å². The molecule has 0 aliphatic rings. The second-order valence-electron chi connectivity index (χ2n) is 0.167. The topological polar surface area (TPSA) is 64.1 Å². The van der Waals surface area contributed by atoms with Crippen molar-refractivity contribution in [2.75, 3.05) is 0 Å². The molecular weight excluding hydrogens is 169 g/mol. The Labute approximate surface area is 41.7 Å². The predicted molar refractivity (Wildman–Crippen MR) is 26.9 cm³/mol. The van der Waals surface area contributed by atoms with Gasteiger partial charge in [-0.25, -0.2) is 0 Å². The van der Waals surface area contributed by atoms with E-state index in [-0.39, 0.29) is 24.0 Å². The minimum absolute atomic E-state index is 0. The van der Waals surface area contributed by atoms with E-state index in [0.717, 1.165) is 0 Å². The highest BCUT2D eigenvalue weighted by Gasteiger charge is 1.19. The molecule has 0 aliphatic carbocycles. The number of hydrogen-bond acceptors (Lipinski definition) is 3. The lowest BCUT2D eigenvalue weighted by Crippen LogP contribution is -2.29. The van der Waals surface area contributed by atoms with Gasteiger partial charge in [0.05, 0.1) is 0 Å². The van der Waals surface area contributed by atoms with Gasteiger partial charge in [0.2, 0.25) is 0 Å². The highest BCUT2D eigenvalue weighted by Crippen LogP contribution is 0.886. The van der Waals surface area contributed by atoms with Crippen LogP contribution >= 0.6 is 24.0 Å². The van der Waals surface area contributed by atoms with Gasteiger partial charge < -0.3 is 0 Å². The number of hydrazine groups is 2. The average Bonchev–Trinajstić information content (AvgIpc) is 0.918. The van der Waals surface area contributed by atoms with Gasteiger partial charge in [-0.15, -0.1) is 24.0 Å². The lowest BCUT2D eigenvalue weighted by atomic mass is 12.6. The molecule has 0 aromatic rings. The van der Waals surface area contributed by atoms with Crippen LogP contribution in [0.25, 0.3) is 0 Å². The van der Waals surface area contributed by atoms with Crippen LogP contribution in [0.5, 0.6) is 0 Å². The Bertz CT molecular complexity index is 3.25. The van der Waals surface area contributed by atoms with E-state index >= 15 is 0 Å². The molecule has 0 aromatic heterocycles. The minimum Gasteiger partial charge on any atom is -0.258 e. The summed E-state index contributed by atoms with van der Waals surface area (Å²) < 4.78 is 0. The summed E-state index contributed by atoms with van der Waals surface area (Å²) in [6.45, 7) is 0. The molecule has 0 saturated heterocycles. The fraction of sp³-hybridized carbons (Fsp3) is 0. The number of halogens is 1. The Morgan fingerprint density at radius 2 is 1.25 bits per heavy atom. The van der Waals surface area contributed by atoms with E-state index in [0.29, 0.717) is 0 Å². The maximum atomic E-state index is 4.38. The Morgan fingerprint density at radius 1 is 1.25 bits per heavy atom. The highest BCUT2D eigenvalue weighted by atomic mass is 127. The summed E-state index contributed by atoms with van der Waals surface area (Å²) in [4.78, 5) is 0. The van der Waals surface area contributed by atoms with Gasteiger partial charge in [0.15, 0.2) is 0 Å². The van der Waals surface area contributed by atoms with Gasteiger partial charge in [-0.1, -0.05) is 0 Å². The standard InChI is InChI=1S/HI.H5N3/c;1-3-2/h1H;3H,1-2H2. The molecule has 0 atom stereocenters. The van der Waals surface area contributed by atoms with Crippen LogP contribution in [-0.2, 0) is 0 Å². The average molecular weight is 175 g/mol. The first kappa shape index (κ1) is 8.82. The van der Waals surface area contributed by atoms with Crippen molar-refractivity contribution >= 4 is 24.0 Å². The third kappa shape index (κ3) is 18.2. The van der Waals surface area contributed by atoms with E-state index in [1.165, 1.54) is 0 Å². The summed E-state index contributed by atoms with van der Waals surface area (Å²) in [7, 11) is 0. The molecule has 0 bridgehead atoms. The molecule has 0 saturated carbocycles. The molecule has 0 fully saturated rings. The van der Waals surface area contributed by atoms with E-state index in [9.17, 15) is 0 Å². The maximum Gasteiger partial charge on any atom is -0.107 e. The largest absolute Gasteiger partial charge is 0.258 e. The van der Waals surface area contributed by atoms with Crippen molar-refractivity contribution in [3.8, 4) is 0 Å². The molecule has 4 heteroatoms. The predicted octanol–water partition coefficient (Wildman–Crippen LogP) is -1.06. The van der Waals surface area contributed by atoms with Crippen LogP contribution in [0, 0.1) is 0 Å². The zero-order valence-electron chi connectivity index (χ0n) is 2.06. The fourth-order valence-electron chi connectivity index (χ4n) is 0. The molecule has 28 valence electrons. The van der Waals surface area contributed by atoms with Crippen molar-refractivity contribution in [3.05, 3.63) is 0 Å². The molecule has 0 aromatic carbocycles. The van der Waals surface area contributed by atoms with Crippen molar-refractivity contribution < 1.29 is 0 Å². The van der Waals surface area contributed by atoms with E-state index in [2.05, 4.69) is 11.7 Å². The summed E-state index contributed by atoms with van der Waals surface area (Å²) in [6, 6.07) is 0. The summed E-state index contributed by atoms with van der Waals surface area (Å²) in [5.74, 6) is 8.75. The quantitative estimate of drug-likeness (QED) is 0.250. The second-order valence-corrected chi connectivity index (χ2v) is 0.167. The molecule has 0 rings (SSSR count). The van der Waals surface area contributed by atoms with Gasteiger partial charge in [-0.3, -0.25) is 11.7 Å². The normalized spacial score (nSPS) is 4.50. The van der Waals surface area contributed by atoms with E-state index in [4.69, 9.17) is 0 Å². The van der Waals surface area contributed by atoms with Crippen LogP contribution in [-0.4, -0.2) is 0 Å². The van der Waals surface area contributed by atoms with Crippen molar-refractivity contribution in [2.24, 2.45) is 11.7 Å². The zero-order chi connectivity index (χ0) is 2.71. The first-order valence-electron chi connectivity index (χ1n) is 0.577. The maximum absolute atomic E-state index is 4.38. The Balaban J connectivity index is 0. The molecule has 4 heavy (non-hydrogen) atoms. The number of rotatable bonds is 0. The summed E-state index contributed by atoms with van der Waals surface area (Å²) in [5.41, 5.74) is 1.75. The summed E-state index contributed by atoms with van der Waals surface area (Å²) >= 11 is 0. The van der Waals surface area contributed by atoms with Gasteiger partial charge in [0.1, 0.15) is 0 Å². The number of nitrogens with one attached hydrogen (secondary N) is 1. The third-order valence-corrected chi connectivity index (χ3v) is 0. The smallest absolute Gasteiger partial charge is 0.107 e. The van der Waals surface area contributed by atoms with Crippen LogP contribution in [0.3, 0.4) is 0 Å². The van der Waals surface area contributed by atoms with Gasteiger partial charge in [0.25, 0.3) is 0 Å². The number of nitrogens with two attached hydrogens (primary N) is 2. The van der Waals surface area contributed by atoms with Crippen LogP contribution in [0.2, 0.25) is 0 Å². The Morgan fingerprint density at radius 3 is 1.25 bits per heavy atom. The zero-order valence-corrected chi connectivity index (χ0v) is 4.39. The molecule has 3 nitrogen and oxygen atoms in total. The van der Waals surface area contributed by atoms with Crippen molar-refractivity contribution in [1.82, 2.24) is 5.53 Å². The van der Waals surface area contributed by atoms with E-state index < -0.39 is 0 Å². The molecular formula is H6IN3. The van der Waals surface area contributed by atoms with E-state index in [1.54, 1.807) is 5.53 Å². The van der Waals surface area contributed by atoms with E-state index in [1.807, 2.05) is 0 Å². The van der Waals surface area contributed by atoms with Crippen molar-refractivity contribution in [3.63, 3.8) is 0 Å². The lowest BCUT2D eigenvalue weighted by molar-refractivity contribution is 0.803. The van der Waals surface area contributed by atoms with Gasteiger partial charge >= 0.3 is 0 Å². The lowest BCUT2D eigenvalue weighted by Gasteiger charge is -1.64. The molecule has 0 amide bonds. The Kier molecular flexibility index (Phi) is 20.9. The monoisotopic (exact) mass is 175 g/mol.